The maximum atomic E-state index is 12.6. The van der Waals surface area contributed by atoms with Crippen LogP contribution in [0.15, 0.2) is 67.4 Å². The highest BCUT2D eigenvalue weighted by Crippen LogP contribution is 2.44. The van der Waals surface area contributed by atoms with E-state index in [1.807, 2.05) is 37.3 Å². The molecule has 3 aromatic rings. The average molecular weight is 657 g/mol. The molecule has 10 heteroatoms. The Morgan fingerprint density at radius 2 is 1.80 bits per heavy atom. The van der Waals surface area contributed by atoms with Gasteiger partial charge in [0.05, 0.1) is 32.2 Å². The number of aryl methyl sites for hydroxylation is 1. The highest BCUT2D eigenvalue weighted by molar-refractivity contribution is 9.13. The third kappa shape index (κ3) is 6.24. The van der Waals surface area contributed by atoms with Crippen LogP contribution in [0.25, 0.3) is 6.08 Å². The monoisotopic (exact) mass is 654 g/mol. The Morgan fingerprint density at radius 1 is 1.06 bits per heavy atom. The van der Waals surface area contributed by atoms with Gasteiger partial charge in [0.2, 0.25) is 0 Å². The van der Waals surface area contributed by atoms with Crippen molar-refractivity contribution in [1.82, 2.24) is 5.32 Å². The van der Waals surface area contributed by atoms with Gasteiger partial charge in [0.25, 0.3) is 5.91 Å². The van der Waals surface area contributed by atoms with Gasteiger partial charge in [0, 0.05) is 4.47 Å². The Bertz CT molecular complexity index is 1360. The van der Waals surface area contributed by atoms with Crippen molar-refractivity contribution in [3.8, 4) is 11.5 Å². The number of carbonyl (C=O) groups is 1. The quantitative estimate of drug-likeness (QED) is 0.271. The first kappa shape index (κ1) is 26.1. The number of nitrogens with zero attached hydrogens (tertiary/aromatic N) is 1. The summed E-state index contributed by atoms with van der Waals surface area (Å²) in [5, 5.41) is 4.27. The smallest absolute Gasteiger partial charge is 0.264 e. The number of hydrogen-bond acceptors (Lipinski definition) is 5. The number of carbonyl (C=O) groups excluding carboxylic acids is 1. The Kier molecular flexibility index (Phi) is 8.50. The summed E-state index contributed by atoms with van der Waals surface area (Å²) in [6.45, 7) is 2.27. The number of benzene rings is 3. The number of ether oxygens (including phenoxy) is 2. The molecule has 3 aromatic carbocycles. The summed E-state index contributed by atoms with van der Waals surface area (Å²) in [6, 6.07) is 14.9. The van der Waals surface area contributed by atoms with Crippen LogP contribution in [0.2, 0.25) is 10.0 Å². The van der Waals surface area contributed by atoms with E-state index in [0.29, 0.717) is 40.6 Å². The van der Waals surface area contributed by atoms with Crippen LogP contribution in [-0.4, -0.2) is 18.2 Å². The number of thioether (sulfide) groups is 1. The lowest BCUT2D eigenvalue weighted by Gasteiger charge is -2.16. The molecule has 1 N–H and O–H groups in total. The molecule has 1 heterocycles. The number of amidine groups is 1. The van der Waals surface area contributed by atoms with Crippen LogP contribution in [0, 0.1) is 6.92 Å². The summed E-state index contributed by atoms with van der Waals surface area (Å²) in [4.78, 5) is 17.6. The highest BCUT2D eigenvalue weighted by atomic mass is 79.9. The molecule has 0 atom stereocenters. The van der Waals surface area contributed by atoms with E-state index in [1.54, 1.807) is 31.4 Å². The van der Waals surface area contributed by atoms with Crippen LogP contribution in [0.1, 0.15) is 16.7 Å². The lowest BCUT2D eigenvalue weighted by atomic mass is 10.1. The maximum Gasteiger partial charge on any atom is 0.264 e. The van der Waals surface area contributed by atoms with E-state index < -0.39 is 0 Å². The number of methoxy groups -OCH3 is 1. The lowest BCUT2D eigenvalue weighted by Crippen LogP contribution is -2.19. The zero-order valence-electron chi connectivity index (χ0n) is 18.5. The largest absolute Gasteiger partial charge is 0.493 e. The predicted molar refractivity (Wildman–Crippen MR) is 151 cm³/mol. The number of rotatable bonds is 6. The second-order valence-electron chi connectivity index (χ2n) is 7.48. The number of amides is 1. The summed E-state index contributed by atoms with van der Waals surface area (Å²) in [5.41, 5.74) is 3.51. The number of halogens is 4. The Hall–Kier alpha value is -1.97. The first-order chi connectivity index (χ1) is 16.7. The molecule has 35 heavy (non-hydrogen) atoms. The molecule has 0 radical (unpaired) electrons. The molecule has 1 amide bonds. The summed E-state index contributed by atoms with van der Waals surface area (Å²) in [6.07, 6.45) is 1.78. The highest BCUT2D eigenvalue weighted by Gasteiger charge is 2.25. The fraction of sp³-hybridized carbons (Fsp3) is 0.120. The van der Waals surface area contributed by atoms with E-state index in [9.17, 15) is 4.79 Å². The van der Waals surface area contributed by atoms with Gasteiger partial charge in [-0.25, -0.2) is 4.99 Å². The van der Waals surface area contributed by atoms with Crippen LogP contribution in [0.3, 0.4) is 0 Å². The van der Waals surface area contributed by atoms with E-state index in [-0.39, 0.29) is 12.5 Å². The normalized spacial score (nSPS) is 15.5. The van der Waals surface area contributed by atoms with Crippen molar-refractivity contribution in [2.24, 2.45) is 4.99 Å². The van der Waals surface area contributed by atoms with E-state index in [1.165, 1.54) is 11.8 Å². The topological polar surface area (TPSA) is 59.9 Å². The molecule has 0 spiro atoms. The van der Waals surface area contributed by atoms with Crippen molar-refractivity contribution in [2.45, 2.75) is 13.5 Å². The van der Waals surface area contributed by atoms with E-state index in [0.717, 1.165) is 22.4 Å². The molecule has 0 saturated carbocycles. The van der Waals surface area contributed by atoms with Gasteiger partial charge in [-0.2, -0.15) is 0 Å². The fourth-order valence-electron chi connectivity index (χ4n) is 3.14. The molecular weight excluding hydrogens is 639 g/mol. The van der Waals surface area contributed by atoms with Crippen molar-refractivity contribution in [3.05, 3.63) is 89.1 Å². The molecule has 1 aliphatic rings. The van der Waals surface area contributed by atoms with Crippen molar-refractivity contribution in [2.75, 3.05) is 7.11 Å². The third-order valence-corrected chi connectivity index (χ3v) is 8.74. The zero-order chi connectivity index (χ0) is 25.1. The van der Waals surface area contributed by atoms with Crippen LogP contribution in [-0.2, 0) is 11.4 Å². The number of aliphatic imine (C=N–C) groups is 1. The van der Waals surface area contributed by atoms with Crippen LogP contribution < -0.4 is 14.8 Å². The van der Waals surface area contributed by atoms with Gasteiger partial charge in [-0.05, 0) is 98.1 Å². The van der Waals surface area contributed by atoms with Crippen LogP contribution in [0.4, 0.5) is 5.69 Å². The first-order valence-corrected chi connectivity index (χ1v) is 13.4. The van der Waals surface area contributed by atoms with Crippen molar-refractivity contribution in [1.29, 1.82) is 0 Å². The minimum atomic E-state index is -0.220. The summed E-state index contributed by atoms with van der Waals surface area (Å²) < 4.78 is 13.0. The zero-order valence-corrected chi connectivity index (χ0v) is 24.0. The standard InChI is InChI=1S/C25H18Br2Cl2N2O3S/c1-13-3-6-16(7-4-13)30-25-31-24(32)20(35-25)11-15-10-19(33-2)23(22(27)21(15)26)34-12-14-5-8-17(28)18(29)9-14/h3-11H,12H2,1-2H3,(H,30,31,32)/b20-11-. The third-order valence-electron chi connectivity index (χ3n) is 4.95. The van der Waals surface area contributed by atoms with E-state index >= 15 is 0 Å². The number of hydrogen-bond donors (Lipinski definition) is 1. The maximum absolute atomic E-state index is 12.6. The van der Waals surface area contributed by atoms with Gasteiger partial charge in [0.15, 0.2) is 16.7 Å². The van der Waals surface area contributed by atoms with Gasteiger partial charge < -0.3 is 14.8 Å². The molecule has 1 fully saturated rings. The molecule has 0 aromatic heterocycles. The molecule has 4 rings (SSSR count). The molecule has 0 unspecified atom stereocenters. The second-order valence-corrected chi connectivity index (χ2v) is 10.9. The van der Waals surface area contributed by atoms with Crippen LogP contribution >= 0.6 is 66.8 Å². The van der Waals surface area contributed by atoms with Crippen molar-refractivity contribution >= 4 is 89.7 Å². The lowest BCUT2D eigenvalue weighted by molar-refractivity contribution is -0.115. The SMILES string of the molecule is COc1cc(/C=C2\SC(=Nc3ccc(C)cc3)NC2=O)c(Br)c(Br)c1OCc1ccc(Cl)c(Cl)c1. The van der Waals surface area contributed by atoms with Gasteiger partial charge in [0.1, 0.15) is 6.61 Å². The summed E-state index contributed by atoms with van der Waals surface area (Å²) in [5.74, 6) is 0.796. The minimum Gasteiger partial charge on any atom is -0.493 e. The second kappa shape index (κ2) is 11.4. The molecule has 180 valence electrons. The molecular formula is C25H18Br2Cl2N2O3S. The van der Waals surface area contributed by atoms with Gasteiger partial charge in [-0.3, -0.25) is 4.79 Å². The Balaban J connectivity index is 1.58. The van der Waals surface area contributed by atoms with Crippen molar-refractivity contribution in [3.63, 3.8) is 0 Å². The number of nitrogens with one attached hydrogen (secondary N) is 1. The van der Waals surface area contributed by atoms with E-state index in [4.69, 9.17) is 32.7 Å². The Morgan fingerprint density at radius 3 is 2.49 bits per heavy atom. The summed E-state index contributed by atoms with van der Waals surface area (Å²) >= 11 is 20.6. The first-order valence-electron chi connectivity index (χ1n) is 10.2. The molecule has 1 saturated heterocycles. The van der Waals surface area contributed by atoms with Crippen molar-refractivity contribution < 1.29 is 14.3 Å². The average Bonchev–Trinajstić information content (AvgIpc) is 3.18. The molecule has 1 aliphatic heterocycles. The van der Waals surface area contributed by atoms with Gasteiger partial charge in [-0.15, -0.1) is 0 Å². The fourth-order valence-corrected chi connectivity index (χ4v) is 5.24. The van der Waals surface area contributed by atoms with E-state index in [2.05, 4.69) is 42.2 Å². The minimum absolute atomic E-state index is 0.220. The molecule has 0 bridgehead atoms. The van der Waals surface area contributed by atoms with Gasteiger partial charge in [-0.1, -0.05) is 47.0 Å². The Labute approximate surface area is 234 Å². The molecule has 0 aliphatic carbocycles. The summed E-state index contributed by atoms with van der Waals surface area (Å²) in [7, 11) is 1.56. The van der Waals surface area contributed by atoms with Gasteiger partial charge >= 0.3 is 0 Å². The van der Waals surface area contributed by atoms with Crippen LogP contribution in [0.5, 0.6) is 11.5 Å². The molecule has 5 nitrogen and oxygen atoms in total. The predicted octanol–water partition coefficient (Wildman–Crippen LogP) is 8.31.